The summed E-state index contributed by atoms with van der Waals surface area (Å²) in [6, 6.07) is 10.2. The minimum atomic E-state index is 0.716. The third kappa shape index (κ3) is 3.91. The maximum atomic E-state index is 5.29. The first kappa shape index (κ1) is 15.7. The van der Waals surface area contributed by atoms with E-state index in [1.54, 1.807) is 14.2 Å². The van der Waals surface area contributed by atoms with Gasteiger partial charge in [-0.25, -0.2) is 0 Å². The van der Waals surface area contributed by atoms with Gasteiger partial charge < -0.3 is 14.8 Å². The maximum Gasteiger partial charge on any atom is 0.122 e. The topological polar surface area (TPSA) is 30.5 Å². The molecule has 1 N–H and O–H groups in total. The Morgan fingerprint density at radius 2 is 1.43 bits per heavy atom. The highest BCUT2D eigenvalue weighted by atomic mass is 79.9. The molecule has 0 atom stereocenters. The lowest BCUT2D eigenvalue weighted by Crippen LogP contribution is -2.01. The van der Waals surface area contributed by atoms with Crippen LogP contribution in [0.15, 0.2) is 34.8 Å². The molecule has 0 fully saturated rings. The molecule has 2 aromatic carbocycles. The molecule has 0 aliphatic heterocycles. The van der Waals surface area contributed by atoms with Gasteiger partial charge in [-0.05, 0) is 54.8 Å². The molecule has 0 unspecified atom stereocenters. The van der Waals surface area contributed by atoms with Gasteiger partial charge in [0.25, 0.3) is 0 Å². The maximum absolute atomic E-state index is 5.29. The van der Waals surface area contributed by atoms with E-state index in [1.807, 2.05) is 18.2 Å². The molecule has 112 valence electrons. The minimum Gasteiger partial charge on any atom is -0.497 e. The Balaban J connectivity index is 2.16. The molecule has 0 saturated carbocycles. The summed E-state index contributed by atoms with van der Waals surface area (Å²) in [6.45, 7) is 4.90. The molecule has 21 heavy (non-hydrogen) atoms. The molecule has 3 nitrogen and oxygen atoms in total. The molecule has 2 aromatic rings. The number of aryl methyl sites for hydroxylation is 2. The van der Waals surface area contributed by atoms with Crippen molar-refractivity contribution in [3.63, 3.8) is 0 Å². The minimum absolute atomic E-state index is 0.716. The number of benzene rings is 2. The van der Waals surface area contributed by atoms with Gasteiger partial charge in [0.15, 0.2) is 0 Å². The Labute approximate surface area is 134 Å². The summed E-state index contributed by atoms with van der Waals surface area (Å²) in [4.78, 5) is 0. The lowest BCUT2D eigenvalue weighted by atomic mass is 10.1. The van der Waals surface area contributed by atoms with E-state index in [1.165, 1.54) is 11.1 Å². The molecule has 0 saturated heterocycles. The summed E-state index contributed by atoms with van der Waals surface area (Å²) in [6.07, 6.45) is 0. The van der Waals surface area contributed by atoms with Crippen molar-refractivity contribution in [3.8, 4) is 11.5 Å². The zero-order chi connectivity index (χ0) is 15.4. The van der Waals surface area contributed by atoms with E-state index in [-0.39, 0.29) is 0 Å². The Kier molecular flexibility index (Phi) is 5.12. The summed E-state index contributed by atoms with van der Waals surface area (Å²) in [5.41, 5.74) is 4.67. The van der Waals surface area contributed by atoms with Crippen LogP contribution in [0.4, 0.5) is 5.69 Å². The molecule has 0 aliphatic carbocycles. The Morgan fingerprint density at radius 1 is 0.905 bits per heavy atom. The lowest BCUT2D eigenvalue weighted by molar-refractivity contribution is 0.393. The molecule has 0 bridgehead atoms. The molecule has 2 rings (SSSR count). The van der Waals surface area contributed by atoms with Crippen molar-refractivity contribution in [2.24, 2.45) is 0 Å². The molecular weight excluding hydrogens is 330 g/mol. The van der Waals surface area contributed by atoms with Gasteiger partial charge in [0.2, 0.25) is 0 Å². The van der Waals surface area contributed by atoms with E-state index in [0.717, 1.165) is 27.2 Å². The molecule has 0 amide bonds. The van der Waals surface area contributed by atoms with Gasteiger partial charge in [0.05, 0.1) is 14.2 Å². The quantitative estimate of drug-likeness (QED) is 0.848. The Hall–Kier alpha value is -1.68. The largest absolute Gasteiger partial charge is 0.497 e. The van der Waals surface area contributed by atoms with Crippen LogP contribution in [0.2, 0.25) is 0 Å². The fraction of sp³-hybridized carbons (Fsp3) is 0.294. The second-order valence-electron chi connectivity index (χ2n) is 5.00. The zero-order valence-corrected chi connectivity index (χ0v) is 14.4. The van der Waals surface area contributed by atoms with Gasteiger partial charge in [-0.3, -0.25) is 0 Å². The Bertz CT molecular complexity index is 595. The van der Waals surface area contributed by atoms with Crippen LogP contribution in [0.1, 0.15) is 16.7 Å². The molecule has 0 spiro atoms. The van der Waals surface area contributed by atoms with Crippen molar-refractivity contribution in [2.45, 2.75) is 20.4 Å². The first-order chi connectivity index (χ1) is 10.0. The van der Waals surface area contributed by atoms with Crippen molar-refractivity contribution in [1.29, 1.82) is 0 Å². The fourth-order valence-corrected chi connectivity index (χ4v) is 2.45. The van der Waals surface area contributed by atoms with Crippen LogP contribution in [0.3, 0.4) is 0 Å². The fourth-order valence-electron chi connectivity index (χ4n) is 2.22. The molecule has 4 heteroatoms. The molecular formula is C17H20BrNO2. The van der Waals surface area contributed by atoms with Crippen LogP contribution in [-0.4, -0.2) is 14.2 Å². The highest BCUT2D eigenvalue weighted by Crippen LogP contribution is 2.26. The van der Waals surface area contributed by atoms with E-state index in [4.69, 9.17) is 9.47 Å². The zero-order valence-electron chi connectivity index (χ0n) is 12.8. The highest BCUT2D eigenvalue weighted by Gasteiger charge is 2.04. The molecule has 0 aliphatic rings. The predicted molar refractivity (Wildman–Crippen MR) is 90.5 cm³/mol. The number of rotatable bonds is 5. The molecule has 0 radical (unpaired) electrons. The first-order valence-electron chi connectivity index (χ1n) is 6.76. The summed E-state index contributed by atoms with van der Waals surface area (Å²) in [7, 11) is 3.32. The summed E-state index contributed by atoms with van der Waals surface area (Å²) < 4.78 is 11.7. The predicted octanol–water partition coefficient (Wildman–Crippen LogP) is 4.70. The van der Waals surface area contributed by atoms with Gasteiger partial charge in [-0.15, -0.1) is 0 Å². The van der Waals surface area contributed by atoms with E-state index in [2.05, 4.69) is 47.2 Å². The van der Waals surface area contributed by atoms with Crippen LogP contribution >= 0.6 is 15.9 Å². The summed E-state index contributed by atoms with van der Waals surface area (Å²) in [5, 5.41) is 3.44. The van der Waals surface area contributed by atoms with Crippen LogP contribution in [0, 0.1) is 13.8 Å². The van der Waals surface area contributed by atoms with Crippen molar-refractivity contribution in [3.05, 3.63) is 51.5 Å². The second kappa shape index (κ2) is 6.85. The van der Waals surface area contributed by atoms with Crippen LogP contribution in [-0.2, 0) is 6.54 Å². The number of halogens is 1. The lowest BCUT2D eigenvalue weighted by Gasteiger charge is -2.12. The normalized spacial score (nSPS) is 10.3. The Morgan fingerprint density at radius 3 is 1.90 bits per heavy atom. The number of anilines is 1. The number of nitrogens with one attached hydrogen (secondary N) is 1. The van der Waals surface area contributed by atoms with E-state index in [9.17, 15) is 0 Å². The third-order valence-corrected chi connectivity index (χ3v) is 4.60. The second-order valence-corrected chi connectivity index (χ2v) is 5.79. The van der Waals surface area contributed by atoms with Crippen LogP contribution in [0.25, 0.3) is 0 Å². The third-order valence-electron chi connectivity index (χ3n) is 3.34. The van der Waals surface area contributed by atoms with Gasteiger partial charge in [0.1, 0.15) is 11.5 Å². The summed E-state index contributed by atoms with van der Waals surface area (Å²) >= 11 is 3.59. The van der Waals surface area contributed by atoms with E-state index >= 15 is 0 Å². The van der Waals surface area contributed by atoms with Gasteiger partial charge in [0, 0.05) is 22.8 Å². The highest BCUT2D eigenvalue weighted by molar-refractivity contribution is 9.10. The SMILES string of the molecule is COc1cc(CNc2cc(C)c(Br)c(C)c2)cc(OC)c1. The summed E-state index contributed by atoms with van der Waals surface area (Å²) in [5.74, 6) is 1.60. The van der Waals surface area contributed by atoms with Gasteiger partial charge in [-0.1, -0.05) is 15.9 Å². The van der Waals surface area contributed by atoms with E-state index < -0.39 is 0 Å². The van der Waals surface area contributed by atoms with Crippen molar-refractivity contribution in [2.75, 3.05) is 19.5 Å². The van der Waals surface area contributed by atoms with Crippen LogP contribution < -0.4 is 14.8 Å². The van der Waals surface area contributed by atoms with Crippen molar-refractivity contribution >= 4 is 21.6 Å². The molecule has 0 aromatic heterocycles. The van der Waals surface area contributed by atoms with Crippen molar-refractivity contribution in [1.82, 2.24) is 0 Å². The number of methoxy groups -OCH3 is 2. The average molecular weight is 350 g/mol. The first-order valence-corrected chi connectivity index (χ1v) is 7.55. The number of hydrogen-bond acceptors (Lipinski definition) is 3. The van der Waals surface area contributed by atoms with Crippen LogP contribution in [0.5, 0.6) is 11.5 Å². The number of ether oxygens (including phenoxy) is 2. The van der Waals surface area contributed by atoms with Gasteiger partial charge in [-0.2, -0.15) is 0 Å². The number of hydrogen-bond donors (Lipinski definition) is 1. The average Bonchev–Trinajstić information content (AvgIpc) is 2.49. The van der Waals surface area contributed by atoms with Gasteiger partial charge >= 0.3 is 0 Å². The van der Waals surface area contributed by atoms with Crippen molar-refractivity contribution < 1.29 is 9.47 Å². The standard InChI is InChI=1S/C17H20BrNO2/c1-11-5-14(6-12(2)17(11)18)19-10-13-7-15(20-3)9-16(8-13)21-4/h5-9,19H,10H2,1-4H3. The monoisotopic (exact) mass is 349 g/mol. The molecule has 0 heterocycles. The van der Waals surface area contributed by atoms with E-state index in [0.29, 0.717) is 6.54 Å². The smallest absolute Gasteiger partial charge is 0.122 e.